The molecule has 0 spiro atoms. The molecule has 1 saturated heterocycles. The zero-order valence-electron chi connectivity index (χ0n) is 17.8. The highest BCUT2D eigenvalue weighted by Crippen LogP contribution is 2.37. The zero-order valence-corrected chi connectivity index (χ0v) is 17.8. The monoisotopic (exact) mass is 443 g/mol. The fourth-order valence-corrected chi connectivity index (χ4v) is 4.26. The highest BCUT2D eigenvalue weighted by Gasteiger charge is 2.29. The van der Waals surface area contributed by atoms with Gasteiger partial charge in [-0.2, -0.15) is 0 Å². The minimum atomic E-state index is -0.333. The molecule has 1 aliphatic rings. The van der Waals surface area contributed by atoms with Gasteiger partial charge in [-0.05, 0) is 36.2 Å². The summed E-state index contributed by atoms with van der Waals surface area (Å²) in [6, 6.07) is 17.4. The number of nitrogen functional groups attached to an aromatic ring is 1. The maximum absolute atomic E-state index is 12.4. The van der Waals surface area contributed by atoms with Crippen LogP contribution in [0.4, 0.5) is 10.2 Å². The number of carbonyl (C=O) groups excluding carboxylic acids is 1. The molecule has 1 atom stereocenters. The third-order valence-corrected chi connectivity index (χ3v) is 5.86. The lowest BCUT2D eigenvalue weighted by Crippen LogP contribution is -2.27. The Balaban J connectivity index is 1.47. The van der Waals surface area contributed by atoms with Gasteiger partial charge in [-0.15, -0.1) is 0 Å². The van der Waals surface area contributed by atoms with Gasteiger partial charge >= 0.3 is 0 Å². The summed E-state index contributed by atoms with van der Waals surface area (Å²) in [5.74, 6) is 1.55. The molecule has 8 heteroatoms. The quantitative estimate of drug-likeness (QED) is 0.451. The lowest BCUT2D eigenvalue weighted by molar-refractivity contribution is -0.125. The van der Waals surface area contributed by atoms with Crippen LogP contribution in [0, 0.1) is 0 Å². The van der Waals surface area contributed by atoms with E-state index >= 15 is 0 Å². The van der Waals surface area contributed by atoms with E-state index in [1.807, 2.05) is 65.4 Å². The Bertz CT molecular complexity index is 1320. The number of ether oxygens (including phenoxy) is 1. The number of rotatable bonds is 5. The molecule has 166 valence electrons. The molecule has 5 rings (SSSR count). The van der Waals surface area contributed by atoms with Gasteiger partial charge in [0.1, 0.15) is 29.3 Å². The van der Waals surface area contributed by atoms with Crippen molar-refractivity contribution in [1.29, 1.82) is 0 Å². The first kappa shape index (κ1) is 20.7. The van der Waals surface area contributed by atoms with Crippen LogP contribution in [-0.2, 0) is 4.79 Å². The van der Waals surface area contributed by atoms with Crippen LogP contribution < -0.4 is 10.5 Å². The van der Waals surface area contributed by atoms with Gasteiger partial charge in [0.25, 0.3) is 0 Å². The SMILES string of the molecule is Nc1ncnc2c1c(-c1ccc(Oc3ccccc3)cc1)cn2C1CCN(C(=O)C=CF)C1. The van der Waals surface area contributed by atoms with Gasteiger partial charge in [0, 0.05) is 30.9 Å². The van der Waals surface area contributed by atoms with E-state index in [0.29, 0.717) is 24.6 Å². The fraction of sp³-hybridized carbons (Fsp3) is 0.160. The number of benzene rings is 2. The molecule has 1 amide bonds. The molecule has 0 radical (unpaired) electrons. The topological polar surface area (TPSA) is 86.3 Å². The Morgan fingerprint density at radius 3 is 2.61 bits per heavy atom. The van der Waals surface area contributed by atoms with Crippen LogP contribution in [0.25, 0.3) is 22.2 Å². The van der Waals surface area contributed by atoms with Crippen LogP contribution in [0.1, 0.15) is 12.5 Å². The van der Waals surface area contributed by atoms with E-state index in [0.717, 1.165) is 40.5 Å². The number of para-hydroxylation sites is 1. The summed E-state index contributed by atoms with van der Waals surface area (Å²) in [4.78, 5) is 22.4. The van der Waals surface area contributed by atoms with Crippen LogP contribution in [-0.4, -0.2) is 38.4 Å². The molecule has 0 aliphatic carbocycles. The summed E-state index contributed by atoms with van der Waals surface area (Å²) in [6.07, 6.45) is 5.41. The highest BCUT2D eigenvalue weighted by molar-refractivity contribution is 6.00. The summed E-state index contributed by atoms with van der Waals surface area (Å²) >= 11 is 0. The summed E-state index contributed by atoms with van der Waals surface area (Å²) in [5.41, 5.74) is 8.82. The van der Waals surface area contributed by atoms with Gasteiger partial charge < -0.3 is 19.9 Å². The summed E-state index contributed by atoms with van der Waals surface area (Å²) in [5, 5.41) is 0.766. The van der Waals surface area contributed by atoms with E-state index in [4.69, 9.17) is 10.5 Å². The standard InChI is InChI=1S/C25H22FN5O2/c26-12-10-22(32)30-13-11-18(14-30)31-15-21(23-24(27)28-16-29-25(23)31)17-6-8-20(9-7-17)33-19-4-2-1-3-5-19/h1-10,12,15-16,18H,11,13-14H2,(H2,27,28,29). The van der Waals surface area contributed by atoms with Gasteiger partial charge in [-0.25, -0.2) is 14.4 Å². The van der Waals surface area contributed by atoms with Crippen LogP contribution in [0.5, 0.6) is 11.5 Å². The molecule has 0 bridgehead atoms. The number of nitrogens with two attached hydrogens (primary N) is 1. The van der Waals surface area contributed by atoms with Crippen molar-refractivity contribution in [2.75, 3.05) is 18.8 Å². The number of amides is 1. The zero-order chi connectivity index (χ0) is 22.8. The van der Waals surface area contributed by atoms with Crippen LogP contribution >= 0.6 is 0 Å². The third-order valence-electron chi connectivity index (χ3n) is 5.86. The Hall–Kier alpha value is -4.20. The van der Waals surface area contributed by atoms with E-state index in [2.05, 4.69) is 9.97 Å². The Morgan fingerprint density at radius 2 is 1.85 bits per heavy atom. The van der Waals surface area contributed by atoms with Crippen molar-refractivity contribution in [1.82, 2.24) is 19.4 Å². The van der Waals surface area contributed by atoms with Crippen molar-refractivity contribution in [3.8, 4) is 22.6 Å². The second-order valence-corrected chi connectivity index (χ2v) is 7.87. The summed E-state index contributed by atoms with van der Waals surface area (Å²) in [7, 11) is 0. The van der Waals surface area contributed by atoms with E-state index in [-0.39, 0.29) is 18.3 Å². The average Bonchev–Trinajstić information content (AvgIpc) is 3.47. The number of hydrogen-bond acceptors (Lipinski definition) is 5. The lowest BCUT2D eigenvalue weighted by atomic mass is 10.1. The average molecular weight is 443 g/mol. The maximum Gasteiger partial charge on any atom is 0.248 e. The molecule has 1 fully saturated rings. The maximum atomic E-state index is 12.4. The first-order valence-electron chi connectivity index (χ1n) is 10.6. The van der Waals surface area contributed by atoms with Crippen molar-refractivity contribution in [3.63, 3.8) is 0 Å². The predicted molar refractivity (Wildman–Crippen MR) is 124 cm³/mol. The number of likely N-dealkylation sites (tertiary alicyclic amines) is 1. The van der Waals surface area contributed by atoms with Crippen molar-refractivity contribution in [3.05, 3.63) is 79.5 Å². The third kappa shape index (κ3) is 4.03. The van der Waals surface area contributed by atoms with Gasteiger partial charge in [0.2, 0.25) is 5.91 Å². The van der Waals surface area contributed by atoms with E-state index in [1.165, 1.54) is 6.33 Å². The van der Waals surface area contributed by atoms with Crippen molar-refractivity contribution < 1.29 is 13.9 Å². The molecule has 2 aromatic carbocycles. The number of anilines is 1. The van der Waals surface area contributed by atoms with E-state index in [1.54, 1.807) is 4.90 Å². The minimum absolute atomic E-state index is 0.00759. The highest BCUT2D eigenvalue weighted by atomic mass is 19.1. The van der Waals surface area contributed by atoms with Crippen LogP contribution in [0.15, 0.2) is 79.5 Å². The Morgan fingerprint density at radius 1 is 1.09 bits per heavy atom. The van der Waals surface area contributed by atoms with Gasteiger partial charge in [-0.1, -0.05) is 30.3 Å². The predicted octanol–water partition coefficient (Wildman–Crippen LogP) is 4.73. The molecule has 0 saturated carbocycles. The first-order valence-corrected chi connectivity index (χ1v) is 10.6. The minimum Gasteiger partial charge on any atom is -0.457 e. The number of nitrogens with zero attached hydrogens (tertiary/aromatic N) is 4. The lowest BCUT2D eigenvalue weighted by Gasteiger charge is -2.15. The molecule has 4 aromatic rings. The van der Waals surface area contributed by atoms with Crippen molar-refractivity contribution >= 4 is 22.8 Å². The van der Waals surface area contributed by atoms with E-state index in [9.17, 15) is 9.18 Å². The second kappa shape index (κ2) is 8.74. The number of hydrogen-bond donors (Lipinski definition) is 1. The van der Waals surface area contributed by atoms with Crippen LogP contribution in [0.2, 0.25) is 0 Å². The number of carbonyl (C=O) groups is 1. The summed E-state index contributed by atoms with van der Waals surface area (Å²) < 4.78 is 20.4. The normalized spacial score (nSPS) is 16.0. The van der Waals surface area contributed by atoms with E-state index < -0.39 is 0 Å². The van der Waals surface area contributed by atoms with Crippen molar-refractivity contribution in [2.45, 2.75) is 12.5 Å². The van der Waals surface area contributed by atoms with Crippen molar-refractivity contribution in [2.24, 2.45) is 0 Å². The molecule has 7 nitrogen and oxygen atoms in total. The molecular weight excluding hydrogens is 421 g/mol. The Labute approximate surface area is 189 Å². The summed E-state index contributed by atoms with van der Waals surface area (Å²) in [6.45, 7) is 1.02. The molecule has 1 aliphatic heterocycles. The molecule has 2 aromatic heterocycles. The molecule has 3 heterocycles. The smallest absolute Gasteiger partial charge is 0.248 e. The van der Waals surface area contributed by atoms with Crippen LogP contribution in [0.3, 0.4) is 0 Å². The van der Waals surface area contributed by atoms with Gasteiger partial charge in [-0.3, -0.25) is 4.79 Å². The molecule has 2 N–H and O–H groups in total. The number of aromatic nitrogens is 3. The molecule has 1 unspecified atom stereocenters. The fourth-order valence-electron chi connectivity index (χ4n) is 4.26. The molecule has 33 heavy (non-hydrogen) atoms. The number of halogens is 1. The second-order valence-electron chi connectivity index (χ2n) is 7.87. The molecular formula is C25H22FN5O2. The van der Waals surface area contributed by atoms with Gasteiger partial charge in [0.15, 0.2) is 0 Å². The first-order chi connectivity index (χ1) is 16.1. The van der Waals surface area contributed by atoms with Gasteiger partial charge in [0.05, 0.1) is 17.8 Å². The largest absolute Gasteiger partial charge is 0.457 e. The number of fused-ring (bicyclic) bond motifs is 1. The Kier molecular flexibility index (Phi) is 5.48.